The van der Waals surface area contributed by atoms with E-state index in [1.807, 2.05) is 6.07 Å². The molecule has 0 saturated carbocycles. The number of benzene rings is 1. The molecule has 13 heavy (non-hydrogen) atoms. The van der Waals surface area contributed by atoms with E-state index in [9.17, 15) is 0 Å². The summed E-state index contributed by atoms with van der Waals surface area (Å²) in [6.45, 7) is -0.0532. The van der Waals surface area contributed by atoms with Crippen molar-refractivity contribution < 1.29 is 9.84 Å². The van der Waals surface area contributed by atoms with Crippen LogP contribution in [0, 0.1) is 11.3 Å². The van der Waals surface area contributed by atoms with Crippen molar-refractivity contribution in [3.05, 3.63) is 35.4 Å². The molecule has 1 N–H and O–H groups in total. The van der Waals surface area contributed by atoms with Gasteiger partial charge >= 0.3 is 0 Å². The number of nitrogens with zero attached hydrogens (tertiary/aromatic N) is 1. The molecule has 3 nitrogen and oxygen atoms in total. The monoisotopic (exact) mass is 177 g/mol. The highest BCUT2D eigenvalue weighted by atomic mass is 16.5. The average Bonchev–Trinajstić information content (AvgIpc) is 2.21. The van der Waals surface area contributed by atoms with Crippen molar-refractivity contribution in [3.63, 3.8) is 0 Å². The van der Waals surface area contributed by atoms with Gasteiger partial charge in [0.15, 0.2) is 0 Å². The summed E-state index contributed by atoms with van der Waals surface area (Å²) in [6.07, 6.45) is -0.298. The van der Waals surface area contributed by atoms with Crippen LogP contribution in [0.5, 0.6) is 0 Å². The van der Waals surface area contributed by atoms with Crippen LogP contribution in [0.4, 0.5) is 0 Å². The van der Waals surface area contributed by atoms with Gasteiger partial charge in [-0.25, -0.2) is 0 Å². The summed E-state index contributed by atoms with van der Waals surface area (Å²) in [7, 11) is 1.54. The first-order chi connectivity index (χ1) is 6.31. The lowest BCUT2D eigenvalue weighted by atomic mass is 10.1. The number of aliphatic hydroxyl groups excluding tert-OH is 1. The van der Waals surface area contributed by atoms with Gasteiger partial charge in [-0.2, -0.15) is 5.26 Å². The summed E-state index contributed by atoms with van der Waals surface area (Å²) in [5, 5.41) is 17.5. The molecular formula is C10H11NO2. The zero-order valence-corrected chi connectivity index (χ0v) is 7.40. The standard InChI is InChI=1S/C10H11NO2/c1-13-10(7-12)9-4-2-8(6-11)3-5-9/h2-5,10,12H,7H2,1H3/t10-/m0/s1. The lowest BCUT2D eigenvalue weighted by Gasteiger charge is -2.11. The number of rotatable bonds is 3. The van der Waals surface area contributed by atoms with Gasteiger partial charge < -0.3 is 9.84 Å². The summed E-state index contributed by atoms with van der Waals surface area (Å²) in [5.41, 5.74) is 1.49. The van der Waals surface area contributed by atoms with Crippen LogP contribution in [0.2, 0.25) is 0 Å². The largest absolute Gasteiger partial charge is 0.393 e. The van der Waals surface area contributed by atoms with Crippen molar-refractivity contribution in [3.8, 4) is 6.07 Å². The molecule has 0 aliphatic heterocycles. The Hall–Kier alpha value is -1.37. The maximum Gasteiger partial charge on any atom is 0.105 e. The molecular weight excluding hydrogens is 166 g/mol. The maximum atomic E-state index is 8.92. The molecule has 0 bridgehead atoms. The van der Waals surface area contributed by atoms with Crippen LogP contribution < -0.4 is 0 Å². The van der Waals surface area contributed by atoms with E-state index in [0.717, 1.165) is 5.56 Å². The zero-order valence-electron chi connectivity index (χ0n) is 7.40. The van der Waals surface area contributed by atoms with Crippen LogP contribution in [0.15, 0.2) is 24.3 Å². The molecule has 0 saturated heterocycles. The normalized spacial score (nSPS) is 12.1. The Kier molecular flexibility index (Phi) is 3.44. The number of aliphatic hydroxyl groups is 1. The predicted molar refractivity (Wildman–Crippen MR) is 48.0 cm³/mol. The Bertz CT molecular complexity index is 296. The van der Waals surface area contributed by atoms with E-state index in [4.69, 9.17) is 15.1 Å². The van der Waals surface area contributed by atoms with Gasteiger partial charge in [0, 0.05) is 7.11 Å². The fourth-order valence-electron chi connectivity index (χ4n) is 1.09. The van der Waals surface area contributed by atoms with Crippen LogP contribution >= 0.6 is 0 Å². The van der Waals surface area contributed by atoms with Gasteiger partial charge in [-0.1, -0.05) is 12.1 Å². The van der Waals surface area contributed by atoms with Crippen molar-refractivity contribution >= 4 is 0 Å². The molecule has 1 rings (SSSR count). The maximum absolute atomic E-state index is 8.92. The Balaban J connectivity index is 2.85. The molecule has 0 aliphatic rings. The molecule has 68 valence electrons. The minimum Gasteiger partial charge on any atom is -0.393 e. The summed E-state index contributed by atoms with van der Waals surface area (Å²) in [4.78, 5) is 0. The molecule has 0 amide bonds. The Morgan fingerprint density at radius 1 is 1.46 bits per heavy atom. The first kappa shape index (κ1) is 9.72. The van der Waals surface area contributed by atoms with Crippen LogP contribution in [0.25, 0.3) is 0 Å². The molecule has 0 aromatic heterocycles. The summed E-state index contributed by atoms with van der Waals surface area (Å²) in [5.74, 6) is 0. The highest BCUT2D eigenvalue weighted by Gasteiger charge is 2.07. The molecule has 0 spiro atoms. The fraction of sp³-hybridized carbons (Fsp3) is 0.300. The number of hydrogen-bond acceptors (Lipinski definition) is 3. The highest BCUT2D eigenvalue weighted by molar-refractivity contribution is 5.32. The number of methoxy groups -OCH3 is 1. The lowest BCUT2D eigenvalue weighted by molar-refractivity contribution is 0.0484. The first-order valence-electron chi connectivity index (χ1n) is 3.95. The topological polar surface area (TPSA) is 53.2 Å². The van der Waals surface area contributed by atoms with Crippen molar-refractivity contribution in [2.24, 2.45) is 0 Å². The van der Waals surface area contributed by atoms with E-state index in [0.29, 0.717) is 5.56 Å². The van der Waals surface area contributed by atoms with E-state index < -0.39 is 0 Å². The third-order valence-electron chi connectivity index (χ3n) is 1.86. The first-order valence-corrected chi connectivity index (χ1v) is 3.95. The van der Waals surface area contributed by atoms with E-state index in [-0.39, 0.29) is 12.7 Å². The van der Waals surface area contributed by atoms with Gasteiger partial charge in [-0.15, -0.1) is 0 Å². The molecule has 0 fully saturated rings. The van der Waals surface area contributed by atoms with Crippen LogP contribution in [-0.4, -0.2) is 18.8 Å². The van der Waals surface area contributed by atoms with Gasteiger partial charge in [-0.05, 0) is 17.7 Å². The lowest BCUT2D eigenvalue weighted by Crippen LogP contribution is -2.05. The third kappa shape index (κ3) is 2.28. The average molecular weight is 177 g/mol. The van der Waals surface area contributed by atoms with Gasteiger partial charge in [-0.3, -0.25) is 0 Å². The molecule has 1 aromatic rings. The Morgan fingerprint density at radius 2 is 2.08 bits per heavy atom. The number of hydrogen-bond donors (Lipinski definition) is 1. The molecule has 3 heteroatoms. The molecule has 0 heterocycles. The van der Waals surface area contributed by atoms with E-state index in [1.54, 1.807) is 31.4 Å². The van der Waals surface area contributed by atoms with Crippen LogP contribution in [0.3, 0.4) is 0 Å². The van der Waals surface area contributed by atoms with Crippen molar-refractivity contribution in [2.75, 3.05) is 13.7 Å². The molecule has 1 atom stereocenters. The Labute approximate surface area is 77.2 Å². The van der Waals surface area contributed by atoms with Gasteiger partial charge in [0.25, 0.3) is 0 Å². The molecule has 0 unspecified atom stereocenters. The second-order valence-corrected chi connectivity index (χ2v) is 2.64. The van der Waals surface area contributed by atoms with E-state index >= 15 is 0 Å². The third-order valence-corrected chi connectivity index (χ3v) is 1.86. The Morgan fingerprint density at radius 3 is 2.46 bits per heavy atom. The molecule has 1 aromatic carbocycles. The van der Waals surface area contributed by atoms with E-state index in [1.165, 1.54) is 0 Å². The number of ether oxygens (including phenoxy) is 1. The van der Waals surface area contributed by atoms with Gasteiger partial charge in [0.2, 0.25) is 0 Å². The number of nitriles is 1. The summed E-state index contributed by atoms with van der Waals surface area (Å²) in [6, 6.07) is 9.00. The second kappa shape index (κ2) is 4.61. The predicted octanol–water partition coefficient (Wildman–Crippen LogP) is 1.24. The van der Waals surface area contributed by atoms with E-state index in [2.05, 4.69) is 0 Å². The van der Waals surface area contributed by atoms with Gasteiger partial charge in [0.05, 0.1) is 18.2 Å². The minimum absolute atomic E-state index is 0.0532. The fourth-order valence-corrected chi connectivity index (χ4v) is 1.09. The smallest absolute Gasteiger partial charge is 0.105 e. The summed E-state index contributed by atoms with van der Waals surface area (Å²) >= 11 is 0. The van der Waals surface area contributed by atoms with Crippen molar-refractivity contribution in [1.29, 1.82) is 5.26 Å². The zero-order chi connectivity index (χ0) is 9.68. The minimum atomic E-state index is -0.298. The quantitative estimate of drug-likeness (QED) is 0.755. The molecule has 0 radical (unpaired) electrons. The second-order valence-electron chi connectivity index (χ2n) is 2.64. The molecule has 0 aliphatic carbocycles. The van der Waals surface area contributed by atoms with Crippen LogP contribution in [-0.2, 0) is 4.74 Å². The highest BCUT2D eigenvalue weighted by Crippen LogP contribution is 2.15. The van der Waals surface area contributed by atoms with Gasteiger partial charge in [0.1, 0.15) is 6.10 Å². The SMILES string of the molecule is CO[C@@H](CO)c1ccc(C#N)cc1. The van der Waals surface area contributed by atoms with Crippen molar-refractivity contribution in [2.45, 2.75) is 6.10 Å². The van der Waals surface area contributed by atoms with Crippen LogP contribution in [0.1, 0.15) is 17.2 Å². The summed E-state index contributed by atoms with van der Waals surface area (Å²) < 4.78 is 5.03. The van der Waals surface area contributed by atoms with Crippen molar-refractivity contribution in [1.82, 2.24) is 0 Å².